The number of piperidine rings is 1. The molecular formula is C22H33N3O3. The lowest BCUT2D eigenvalue weighted by Gasteiger charge is -2.35. The molecule has 1 aliphatic carbocycles. The van der Waals surface area contributed by atoms with E-state index in [2.05, 4.69) is 5.32 Å². The highest BCUT2D eigenvalue weighted by Gasteiger charge is 2.28. The first-order chi connectivity index (χ1) is 13.4. The van der Waals surface area contributed by atoms with E-state index in [1.807, 2.05) is 36.1 Å². The fourth-order valence-electron chi connectivity index (χ4n) is 4.23. The van der Waals surface area contributed by atoms with Gasteiger partial charge < -0.3 is 20.2 Å². The molecule has 2 fully saturated rings. The van der Waals surface area contributed by atoms with Crippen LogP contribution < -0.4 is 5.32 Å². The average molecular weight is 388 g/mol. The second kappa shape index (κ2) is 9.41. The van der Waals surface area contributed by atoms with E-state index in [0.29, 0.717) is 19.6 Å². The number of aryl methyl sites for hydroxylation is 1. The van der Waals surface area contributed by atoms with Gasteiger partial charge in [-0.15, -0.1) is 0 Å². The SMILES string of the molecule is Cc1ccc(C(=O)N2CCC(NC(=O)N(C)CC3CCCCC3O)CC2)cc1. The van der Waals surface area contributed by atoms with Gasteiger partial charge in [0.2, 0.25) is 0 Å². The highest BCUT2D eigenvalue weighted by Crippen LogP contribution is 2.25. The van der Waals surface area contributed by atoms with Gasteiger partial charge in [-0.05, 0) is 44.7 Å². The van der Waals surface area contributed by atoms with E-state index >= 15 is 0 Å². The Labute approximate surface area is 167 Å². The van der Waals surface area contributed by atoms with Crippen molar-refractivity contribution >= 4 is 11.9 Å². The number of urea groups is 1. The Hall–Kier alpha value is -2.08. The maximum Gasteiger partial charge on any atom is 0.317 e. The first-order valence-electron chi connectivity index (χ1n) is 10.5. The number of likely N-dealkylation sites (tertiary alicyclic amines) is 1. The van der Waals surface area contributed by atoms with Crippen molar-refractivity contribution in [2.45, 2.75) is 57.6 Å². The second-order valence-electron chi connectivity index (χ2n) is 8.37. The molecule has 2 aliphatic rings. The summed E-state index contributed by atoms with van der Waals surface area (Å²) in [4.78, 5) is 28.7. The largest absolute Gasteiger partial charge is 0.393 e. The molecule has 0 radical (unpaired) electrons. The minimum Gasteiger partial charge on any atom is -0.393 e. The molecular weight excluding hydrogens is 354 g/mol. The lowest BCUT2D eigenvalue weighted by Crippen LogP contribution is -2.50. The third-order valence-electron chi connectivity index (χ3n) is 6.13. The monoisotopic (exact) mass is 387 g/mol. The standard InChI is InChI=1S/C22H33N3O3/c1-16-7-9-17(10-8-16)21(27)25-13-11-19(12-14-25)23-22(28)24(2)15-18-5-3-4-6-20(18)26/h7-10,18-20,26H,3-6,11-15H2,1-2H3,(H,23,28). The Bertz CT molecular complexity index is 668. The quantitative estimate of drug-likeness (QED) is 0.834. The van der Waals surface area contributed by atoms with Crippen molar-refractivity contribution in [3.63, 3.8) is 0 Å². The summed E-state index contributed by atoms with van der Waals surface area (Å²) in [6.45, 7) is 3.91. The van der Waals surface area contributed by atoms with Gasteiger partial charge >= 0.3 is 6.03 Å². The van der Waals surface area contributed by atoms with Gasteiger partial charge in [-0.25, -0.2) is 4.79 Å². The number of benzene rings is 1. The highest BCUT2D eigenvalue weighted by molar-refractivity contribution is 5.94. The number of aliphatic hydroxyl groups is 1. The number of hydrogen-bond donors (Lipinski definition) is 2. The minimum atomic E-state index is -0.292. The molecule has 1 aromatic rings. The van der Waals surface area contributed by atoms with E-state index in [0.717, 1.165) is 49.7 Å². The molecule has 2 unspecified atom stereocenters. The molecule has 154 valence electrons. The molecule has 2 N–H and O–H groups in total. The molecule has 28 heavy (non-hydrogen) atoms. The zero-order valence-electron chi connectivity index (χ0n) is 17.1. The Kier molecular flexibility index (Phi) is 6.94. The minimum absolute atomic E-state index is 0.0631. The van der Waals surface area contributed by atoms with Crippen molar-refractivity contribution in [2.75, 3.05) is 26.7 Å². The third-order valence-corrected chi connectivity index (χ3v) is 6.13. The molecule has 3 rings (SSSR count). The van der Waals surface area contributed by atoms with Crippen molar-refractivity contribution in [1.82, 2.24) is 15.1 Å². The molecule has 1 heterocycles. The fraction of sp³-hybridized carbons (Fsp3) is 0.636. The van der Waals surface area contributed by atoms with Gasteiger partial charge in [-0.1, -0.05) is 30.5 Å². The molecule has 6 nitrogen and oxygen atoms in total. The summed E-state index contributed by atoms with van der Waals surface area (Å²) in [5.74, 6) is 0.242. The van der Waals surface area contributed by atoms with Gasteiger partial charge in [0.25, 0.3) is 5.91 Å². The van der Waals surface area contributed by atoms with Crippen LogP contribution in [0.15, 0.2) is 24.3 Å². The van der Waals surface area contributed by atoms with Crippen molar-refractivity contribution in [2.24, 2.45) is 5.92 Å². The summed E-state index contributed by atoms with van der Waals surface area (Å²) < 4.78 is 0. The zero-order chi connectivity index (χ0) is 20.1. The predicted octanol–water partition coefficient (Wildman–Crippen LogP) is 2.79. The normalized spacial score (nSPS) is 23.3. The van der Waals surface area contributed by atoms with E-state index in [1.54, 1.807) is 11.9 Å². The van der Waals surface area contributed by atoms with E-state index < -0.39 is 0 Å². The number of hydrogen-bond acceptors (Lipinski definition) is 3. The Morgan fingerprint density at radius 2 is 1.75 bits per heavy atom. The predicted molar refractivity (Wildman–Crippen MR) is 109 cm³/mol. The first kappa shape index (κ1) is 20.6. The van der Waals surface area contributed by atoms with E-state index in [-0.39, 0.29) is 30.0 Å². The third kappa shape index (κ3) is 5.25. The lowest BCUT2D eigenvalue weighted by molar-refractivity contribution is 0.0559. The number of carbonyl (C=O) groups is 2. The van der Waals surface area contributed by atoms with Gasteiger partial charge in [0.15, 0.2) is 0 Å². The Morgan fingerprint density at radius 1 is 1.11 bits per heavy atom. The van der Waals surface area contributed by atoms with Crippen LogP contribution in [0.2, 0.25) is 0 Å². The van der Waals surface area contributed by atoms with Gasteiger partial charge in [0.1, 0.15) is 0 Å². The van der Waals surface area contributed by atoms with Gasteiger partial charge in [0.05, 0.1) is 6.10 Å². The smallest absolute Gasteiger partial charge is 0.317 e. The van der Waals surface area contributed by atoms with Crippen LogP contribution in [-0.2, 0) is 0 Å². The van der Waals surface area contributed by atoms with Crippen LogP contribution >= 0.6 is 0 Å². The van der Waals surface area contributed by atoms with Crippen LogP contribution in [0.4, 0.5) is 4.79 Å². The molecule has 1 saturated carbocycles. The molecule has 6 heteroatoms. The maximum atomic E-state index is 12.6. The van der Waals surface area contributed by atoms with E-state index in [1.165, 1.54) is 0 Å². The molecule has 3 amide bonds. The summed E-state index contributed by atoms with van der Waals surface area (Å²) >= 11 is 0. The van der Waals surface area contributed by atoms with Crippen molar-refractivity contribution in [3.8, 4) is 0 Å². The highest BCUT2D eigenvalue weighted by atomic mass is 16.3. The van der Waals surface area contributed by atoms with E-state index in [4.69, 9.17) is 0 Å². The van der Waals surface area contributed by atoms with Crippen LogP contribution in [0.1, 0.15) is 54.4 Å². The molecule has 2 atom stereocenters. The first-order valence-corrected chi connectivity index (χ1v) is 10.5. The number of carbonyl (C=O) groups excluding carboxylic acids is 2. The molecule has 1 aromatic carbocycles. The molecule has 0 bridgehead atoms. The zero-order valence-corrected chi connectivity index (χ0v) is 17.1. The van der Waals surface area contributed by atoms with Crippen molar-refractivity contribution in [1.29, 1.82) is 0 Å². The van der Waals surface area contributed by atoms with E-state index in [9.17, 15) is 14.7 Å². The summed E-state index contributed by atoms with van der Waals surface area (Å²) in [5, 5.41) is 13.2. The van der Waals surface area contributed by atoms with Gasteiger partial charge in [-0.3, -0.25) is 4.79 Å². The second-order valence-corrected chi connectivity index (χ2v) is 8.37. The maximum absolute atomic E-state index is 12.6. The molecule has 1 aliphatic heterocycles. The summed E-state index contributed by atoms with van der Waals surface area (Å²) in [7, 11) is 1.80. The fourth-order valence-corrected chi connectivity index (χ4v) is 4.23. The van der Waals surface area contributed by atoms with Crippen LogP contribution in [0.3, 0.4) is 0 Å². The van der Waals surface area contributed by atoms with Crippen molar-refractivity contribution < 1.29 is 14.7 Å². The summed E-state index contributed by atoms with van der Waals surface area (Å²) in [6.07, 6.45) is 5.27. The number of rotatable bonds is 4. The Morgan fingerprint density at radius 3 is 2.39 bits per heavy atom. The lowest BCUT2D eigenvalue weighted by atomic mass is 9.86. The number of aliphatic hydroxyl groups excluding tert-OH is 1. The van der Waals surface area contributed by atoms with Crippen molar-refractivity contribution in [3.05, 3.63) is 35.4 Å². The summed E-state index contributed by atoms with van der Waals surface area (Å²) in [6, 6.07) is 7.67. The molecule has 0 aromatic heterocycles. The summed E-state index contributed by atoms with van der Waals surface area (Å²) in [5.41, 5.74) is 1.86. The van der Waals surface area contributed by atoms with Crippen LogP contribution in [0.25, 0.3) is 0 Å². The molecule has 0 spiro atoms. The van der Waals surface area contributed by atoms with Crippen LogP contribution in [0.5, 0.6) is 0 Å². The van der Waals surface area contributed by atoms with Gasteiger partial charge in [0, 0.05) is 44.2 Å². The topological polar surface area (TPSA) is 72.9 Å². The van der Waals surface area contributed by atoms with Gasteiger partial charge in [-0.2, -0.15) is 0 Å². The van der Waals surface area contributed by atoms with Crippen LogP contribution in [-0.4, -0.2) is 65.7 Å². The number of amides is 3. The average Bonchev–Trinajstić information content (AvgIpc) is 2.70. The number of nitrogens with one attached hydrogen (secondary N) is 1. The Balaban J connectivity index is 1.43. The molecule has 1 saturated heterocycles. The number of nitrogens with zero attached hydrogens (tertiary/aromatic N) is 2. The van der Waals surface area contributed by atoms with Crippen LogP contribution in [0, 0.1) is 12.8 Å².